The zero-order valence-electron chi connectivity index (χ0n) is 12.5. The van der Waals surface area contributed by atoms with Gasteiger partial charge in [0.2, 0.25) is 0 Å². The number of rotatable bonds is 5. The van der Waals surface area contributed by atoms with E-state index in [1.165, 1.54) is 19.3 Å². The summed E-state index contributed by atoms with van der Waals surface area (Å²) in [7, 11) is 1.82. The molecule has 1 aromatic heterocycles. The van der Waals surface area contributed by atoms with E-state index in [0.717, 1.165) is 38.3 Å². The summed E-state index contributed by atoms with van der Waals surface area (Å²) in [5, 5.41) is 8.31. The van der Waals surface area contributed by atoms with E-state index in [-0.39, 0.29) is 5.91 Å². The lowest BCUT2D eigenvalue weighted by molar-refractivity contribution is 0.0786. The minimum Gasteiger partial charge on any atom is -0.355 e. The summed E-state index contributed by atoms with van der Waals surface area (Å²) >= 11 is 0. The molecule has 1 amide bonds. The molecule has 0 bridgehead atoms. The number of carbonyl (C=O) groups is 1. The molecule has 0 N–H and O–H groups in total. The molecule has 5 nitrogen and oxygen atoms in total. The second-order valence-corrected chi connectivity index (χ2v) is 5.40. The Balaban J connectivity index is 1.98. The molecule has 1 aliphatic rings. The van der Waals surface area contributed by atoms with Crippen LogP contribution >= 0.6 is 0 Å². The number of hydrogen-bond acceptors (Lipinski definition) is 4. The second-order valence-electron chi connectivity index (χ2n) is 5.40. The number of unbranched alkanes of at least 4 members (excludes halogenated alkanes) is 1. The van der Waals surface area contributed by atoms with Gasteiger partial charge in [-0.05, 0) is 37.8 Å². The Kier molecular flexibility index (Phi) is 5.32. The van der Waals surface area contributed by atoms with Crippen molar-refractivity contribution in [1.29, 1.82) is 0 Å². The van der Waals surface area contributed by atoms with Gasteiger partial charge < -0.3 is 9.80 Å². The van der Waals surface area contributed by atoms with Crippen molar-refractivity contribution >= 4 is 11.7 Å². The lowest BCUT2D eigenvalue weighted by atomic mass is 10.1. The number of piperidine rings is 1. The molecule has 2 rings (SSSR count). The van der Waals surface area contributed by atoms with Crippen molar-refractivity contribution < 1.29 is 4.79 Å². The van der Waals surface area contributed by atoms with Crippen LogP contribution in [0, 0.1) is 0 Å². The number of carbonyl (C=O) groups excluding carboxylic acids is 1. The van der Waals surface area contributed by atoms with Gasteiger partial charge in [-0.25, -0.2) is 0 Å². The summed E-state index contributed by atoms with van der Waals surface area (Å²) in [6.45, 7) is 4.97. The van der Waals surface area contributed by atoms with Crippen LogP contribution in [0.3, 0.4) is 0 Å². The minimum atomic E-state index is -0.0452. The molecule has 2 heterocycles. The first-order chi connectivity index (χ1) is 9.72. The predicted octanol–water partition coefficient (Wildman–Crippen LogP) is 2.34. The molecule has 110 valence electrons. The molecular weight excluding hydrogens is 252 g/mol. The summed E-state index contributed by atoms with van der Waals surface area (Å²) in [6.07, 6.45) is 5.81. The fraction of sp³-hybridized carbons (Fsp3) is 0.667. The number of nitrogens with zero attached hydrogens (tertiary/aromatic N) is 4. The van der Waals surface area contributed by atoms with Crippen LogP contribution in [0.1, 0.15) is 49.5 Å². The van der Waals surface area contributed by atoms with E-state index in [4.69, 9.17) is 0 Å². The van der Waals surface area contributed by atoms with Crippen LogP contribution < -0.4 is 4.90 Å². The highest BCUT2D eigenvalue weighted by Crippen LogP contribution is 2.16. The van der Waals surface area contributed by atoms with Crippen molar-refractivity contribution in [2.75, 3.05) is 31.6 Å². The third-order valence-electron chi connectivity index (χ3n) is 3.74. The first kappa shape index (κ1) is 14.8. The van der Waals surface area contributed by atoms with Gasteiger partial charge in [0.1, 0.15) is 0 Å². The Bertz CT molecular complexity index is 426. The van der Waals surface area contributed by atoms with Gasteiger partial charge in [0.05, 0.1) is 0 Å². The van der Waals surface area contributed by atoms with Gasteiger partial charge in [0, 0.05) is 26.7 Å². The lowest BCUT2D eigenvalue weighted by Gasteiger charge is -2.27. The van der Waals surface area contributed by atoms with E-state index >= 15 is 0 Å². The van der Waals surface area contributed by atoms with Crippen molar-refractivity contribution in [3.63, 3.8) is 0 Å². The average Bonchev–Trinajstić information content (AvgIpc) is 2.53. The van der Waals surface area contributed by atoms with Gasteiger partial charge in [-0.1, -0.05) is 13.3 Å². The van der Waals surface area contributed by atoms with E-state index in [9.17, 15) is 4.79 Å². The van der Waals surface area contributed by atoms with Crippen molar-refractivity contribution in [3.8, 4) is 0 Å². The summed E-state index contributed by atoms with van der Waals surface area (Å²) in [5.41, 5.74) is 0.435. The van der Waals surface area contributed by atoms with Gasteiger partial charge in [-0.3, -0.25) is 4.79 Å². The quantitative estimate of drug-likeness (QED) is 0.828. The van der Waals surface area contributed by atoms with Crippen LogP contribution in [-0.2, 0) is 0 Å². The number of hydrogen-bond donors (Lipinski definition) is 0. The fourth-order valence-corrected chi connectivity index (χ4v) is 2.42. The highest BCUT2D eigenvalue weighted by atomic mass is 16.2. The first-order valence-electron chi connectivity index (χ1n) is 7.56. The van der Waals surface area contributed by atoms with E-state index < -0.39 is 0 Å². The normalized spacial score (nSPS) is 15.2. The van der Waals surface area contributed by atoms with Crippen LogP contribution in [0.5, 0.6) is 0 Å². The molecule has 5 heteroatoms. The van der Waals surface area contributed by atoms with E-state index in [1.807, 2.05) is 13.1 Å². The van der Waals surface area contributed by atoms with Crippen molar-refractivity contribution in [2.24, 2.45) is 0 Å². The van der Waals surface area contributed by atoms with Crippen LogP contribution in [0.25, 0.3) is 0 Å². The van der Waals surface area contributed by atoms with Gasteiger partial charge in [-0.15, -0.1) is 10.2 Å². The standard InChI is InChI=1S/C15H24N4O/c1-3-4-10-18(2)15(20)13-8-9-14(17-16-13)19-11-6-5-7-12-19/h8-9H,3-7,10-12H2,1-2H3. The maximum absolute atomic E-state index is 12.1. The van der Waals surface area contributed by atoms with E-state index in [1.54, 1.807) is 11.0 Å². The Morgan fingerprint density at radius 3 is 2.60 bits per heavy atom. The monoisotopic (exact) mass is 276 g/mol. The molecule has 0 atom stereocenters. The molecule has 20 heavy (non-hydrogen) atoms. The summed E-state index contributed by atoms with van der Waals surface area (Å²) in [6, 6.07) is 3.71. The Labute approximate surface area is 121 Å². The maximum atomic E-state index is 12.1. The zero-order valence-corrected chi connectivity index (χ0v) is 12.5. The summed E-state index contributed by atoms with van der Waals surface area (Å²) in [5.74, 6) is 0.841. The molecule has 1 aromatic rings. The van der Waals surface area contributed by atoms with Crippen molar-refractivity contribution in [2.45, 2.75) is 39.0 Å². The van der Waals surface area contributed by atoms with Crippen molar-refractivity contribution in [3.05, 3.63) is 17.8 Å². The van der Waals surface area contributed by atoms with Gasteiger partial charge >= 0.3 is 0 Å². The number of aromatic nitrogens is 2. The van der Waals surface area contributed by atoms with Crippen molar-refractivity contribution in [1.82, 2.24) is 15.1 Å². The molecule has 1 saturated heterocycles. The maximum Gasteiger partial charge on any atom is 0.274 e. The lowest BCUT2D eigenvalue weighted by Crippen LogP contribution is -2.31. The second kappa shape index (κ2) is 7.22. The third kappa shape index (κ3) is 3.68. The van der Waals surface area contributed by atoms with E-state index in [2.05, 4.69) is 22.0 Å². The summed E-state index contributed by atoms with van der Waals surface area (Å²) in [4.78, 5) is 16.1. The Hall–Kier alpha value is -1.65. The van der Waals surface area contributed by atoms with Crippen LogP contribution in [0.4, 0.5) is 5.82 Å². The predicted molar refractivity (Wildman–Crippen MR) is 80.0 cm³/mol. The molecule has 0 unspecified atom stereocenters. The smallest absolute Gasteiger partial charge is 0.274 e. The zero-order chi connectivity index (χ0) is 14.4. The number of amides is 1. The molecule has 0 aromatic carbocycles. The van der Waals surface area contributed by atoms with Crippen LogP contribution in [0.15, 0.2) is 12.1 Å². The molecule has 0 spiro atoms. The SMILES string of the molecule is CCCCN(C)C(=O)c1ccc(N2CCCCC2)nn1. The molecule has 0 aliphatic carbocycles. The molecule has 1 fully saturated rings. The third-order valence-corrected chi connectivity index (χ3v) is 3.74. The number of anilines is 1. The Morgan fingerprint density at radius 2 is 2.00 bits per heavy atom. The highest BCUT2D eigenvalue weighted by molar-refractivity contribution is 5.92. The molecule has 0 radical (unpaired) electrons. The highest BCUT2D eigenvalue weighted by Gasteiger charge is 2.16. The Morgan fingerprint density at radius 1 is 1.25 bits per heavy atom. The topological polar surface area (TPSA) is 49.3 Å². The largest absolute Gasteiger partial charge is 0.355 e. The summed E-state index contributed by atoms with van der Waals surface area (Å²) < 4.78 is 0. The van der Waals surface area contributed by atoms with E-state index in [0.29, 0.717) is 5.69 Å². The minimum absolute atomic E-state index is 0.0452. The fourth-order valence-electron chi connectivity index (χ4n) is 2.42. The molecule has 0 saturated carbocycles. The van der Waals surface area contributed by atoms with Gasteiger partial charge in [0.25, 0.3) is 5.91 Å². The molecule has 1 aliphatic heterocycles. The first-order valence-corrected chi connectivity index (χ1v) is 7.56. The van der Waals surface area contributed by atoms with Gasteiger partial charge in [-0.2, -0.15) is 0 Å². The van der Waals surface area contributed by atoms with Gasteiger partial charge in [0.15, 0.2) is 11.5 Å². The van der Waals surface area contributed by atoms with Crippen LogP contribution in [0.2, 0.25) is 0 Å². The average molecular weight is 276 g/mol. The molecular formula is C15H24N4O. The van der Waals surface area contributed by atoms with Crippen LogP contribution in [-0.4, -0.2) is 47.7 Å².